The van der Waals surface area contributed by atoms with E-state index in [4.69, 9.17) is 9.84 Å². The van der Waals surface area contributed by atoms with Crippen LogP contribution in [0.15, 0.2) is 30.3 Å². The summed E-state index contributed by atoms with van der Waals surface area (Å²) in [5.41, 5.74) is 1.03. The fraction of sp³-hybridized carbons (Fsp3) is 0.591. The molecule has 28 heavy (non-hydrogen) atoms. The number of ether oxygens (including phenoxy) is 1. The van der Waals surface area contributed by atoms with Crippen molar-refractivity contribution < 1.29 is 24.2 Å². The number of esters is 1. The third-order valence-corrected chi connectivity index (χ3v) is 4.50. The second-order valence-corrected chi connectivity index (χ2v) is 7.01. The molecular formula is C22H33NO5. The van der Waals surface area contributed by atoms with E-state index in [9.17, 15) is 14.4 Å². The van der Waals surface area contributed by atoms with Gasteiger partial charge in [-0.25, -0.2) is 0 Å². The largest absolute Gasteiger partial charge is 0.481 e. The predicted octanol–water partition coefficient (Wildman–Crippen LogP) is 4.22. The van der Waals surface area contributed by atoms with Gasteiger partial charge in [0.1, 0.15) is 6.10 Å². The highest BCUT2D eigenvalue weighted by molar-refractivity contribution is 5.77. The normalized spacial score (nSPS) is 11.6. The lowest BCUT2D eigenvalue weighted by atomic mass is 10.0. The molecule has 1 aromatic rings. The zero-order valence-electron chi connectivity index (χ0n) is 16.8. The van der Waals surface area contributed by atoms with Gasteiger partial charge in [0.2, 0.25) is 5.91 Å². The van der Waals surface area contributed by atoms with Gasteiger partial charge >= 0.3 is 11.9 Å². The number of rotatable bonds is 15. The van der Waals surface area contributed by atoms with Crippen molar-refractivity contribution in [2.24, 2.45) is 0 Å². The average molecular weight is 392 g/mol. The Labute approximate surface area is 167 Å². The molecule has 0 spiro atoms. The van der Waals surface area contributed by atoms with E-state index in [0.717, 1.165) is 31.2 Å². The van der Waals surface area contributed by atoms with Crippen LogP contribution in [0, 0.1) is 0 Å². The summed E-state index contributed by atoms with van der Waals surface area (Å²) in [5, 5.41) is 11.6. The average Bonchev–Trinajstić information content (AvgIpc) is 2.69. The molecule has 0 aromatic heterocycles. The van der Waals surface area contributed by atoms with E-state index in [-0.39, 0.29) is 31.3 Å². The number of aliphatic carboxylic acids is 1. The highest BCUT2D eigenvalue weighted by Crippen LogP contribution is 2.15. The molecule has 6 nitrogen and oxygen atoms in total. The molecule has 0 radical (unpaired) electrons. The quantitative estimate of drug-likeness (QED) is 0.345. The Bertz CT molecular complexity index is 588. The van der Waals surface area contributed by atoms with Crippen LogP contribution in [0.1, 0.15) is 76.7 Å². The van der Waals surface area contributed by atoms with Crippen molar-refractivity contribution in [1.29, 1.82) is 0 Å². The first-order valence-electron chi connectivity index (χ1n) is 10.2. The SMILES string of the molecule is CCCCCCC[C@@H](CCC(=O)NCc1ccccc1)OC(=O)CCC(=O)O. The molecule has 0 saturated heterocycles. The zero-order valence-corrected chi connectivity index (χ0v) is 16.8. The van der Waals surface area contributed by atoms with Crippen molar-refractivity contribution in [3.8, 4) is 0 Å². The van der Waals surface area contributed by atoms with Crippen LogP contribution < -0.4 is 5.32 Å². The maximum atomic E-state index is 12.1. The molecule has 0 fully saturated rings. The second-order valence-electron chi connectivity index (χ2n) is 7.01. The minimum absolute atomic E-state index is 0.0820. The van der Waals surface area contributed by atoms with Gasteiger partial charge in [-0.15, -0.1) is 0 Å². The lowest BCUT2D eigenvalue weighted by Gasteiger charge is -2.18. The molecule has 1 atom stereocenters. The second kappa shape index (κ2) is 14.7. The Balaban J connectivity index is 2.39. The number of hydrogen-bond acceptors (Lipinski definition) is 4. The van der Waals surface area contributed by atoms with Crippen LogP contribution in [0.3, 0.4) is 0 Å². The fourth-order valence-corrected chi connectivity index (χ4v) is 2.87. The standard InChI is InChI=1S/C22H33NO5/c1-2-3-4-5-9-12-19(28-22(27)16-15-21(25)26)13-14-20(24)23-17-18-10-7-6-8-11-18/h6-8,10-11,19H,2-5,9,12-17H2,1H3,(H,23,24)(H,25,26)/t19-/m0/s1. The summed E-state index contributed by atoms with van der Waals surface area (Å²) in [4.78, 5) is 34.6. The van der Waals surface area contributed by atoms with Gasteiger partial charge in [0.15, 0.2) is 0 Å². The number of carbonyl (C=O) groups excluding carboxylic acids is 2. The van der Waals surface area contributed by atoms with Gasteiger partial charge in [0.25, 0.3) is 0 Å². The van der Waals surface area contributed by atoms with Gasteiger partial charge in [-0.05, 0) is 24.8 Å². The fourth-order valence-electron chi connectivity index (χ4n) is 2.87. The van der Waals surface area contributed by atoms with Crippen molar-refractivity contribution in [1.82, 2.24) is 5.32 Å². The maximum absolute atomic E-state index is 12.1. The number of nitrogens with one attached hydrogen (secondary N) is 1. The molecule has 0 unspecified atom stereocenters. The van der Waals surface area contributed by atoms with Crippen molar-refractivity contribution in [2.75, 3.05) is 0 Å². The molecule has 0 aliphatic rings. The molecule has 0 aliphatic heterocycles. The van der Waals surface area contributed by atoms with E-state index in [0.29, 0.717) is 19.4 Å². The molecule has 156 valence electrons. The van der Waals surface area contributed by atoms with E-state index in [1.54, 1.807) is 0 Å². The van der Waals surface area contributed by atoms with Crippen molar-refractivity contribution in [2.45, 2.75) is 83.8 Å². The highest BCUT2D eigenvalue weighted by Gasteiger charge is 2.17. The van der Waals surface area contributed by atoms with Crippen molar-refractivity contribution in [3.63, 3.8) is 0 Å². The van der Waals surface area contributed by atoms with Gasteiger partial charge in [-0.2, -0.15) is 0 Å². The predicted molar refractivity (Wildman–Crippen MR) is 108 cm³/mol. The summed E-state index contributed by atoms with van der Waals surface area (Å²) in [7, 11) is 0. The molecule has 0 heterocycles. The van der Waals surface area contributed by atoms with Gasteiger partial charge in [0.05, 0.1) is 12.8 Å². The van der Waals surface area contributed by atoms with Crippen LogP contribution in [0.5, 0.6) is 0 Å². The van der Waals surface area contributed by atoms with Crippen LogP contribution in [-0.2, 0) is 25.7 Å². The number of hydrogen-bond donors (Lipinski definition) is 2. The molecule has 6 heteroatoms. The Hall–Kier alpha value is -2.37. The number of unbranched alkanes of at least 4 members (excludes halogenated alkanes) is 4. The smallest absolute Gasteiger partial charge is 0.306 e. The van der Waals surface area contributed by atoms with Crippen molar-refractivity contribution in [3.05, 3.63) is 35.9 Å². The van der Waals surface area contributed by atoms with Crippen LogP contribution in [0.2, 0.25) is 0 Å². The van der Waals surface area contributed by atoms with E-state index >= 15 is 0 Å². The monoisotopic (exact) mass is 391 g/mol. The molecule has 1 aromatic carbocycles. The third-order valence-electron chi connectivity index (χ3n) is 4.50. The van der Waals surface area contributed by atoms with E-state index in [1.807, 2.05) is 30.3 Å². The first-order valence-corrected chi connectivity index (χ1v) is 10.2. The van der Waals surface area contributed by atoms with Gasteiger partial charge < -0.3 is 15.2 Å². The van der Waals surface area contributed by atoms with Crippen LogP contribution in [-0.4, -0.2) is 29.1 Å². The summed E-state index contributed by atoms with van der Waals surface area (Å²) in [6.07, 6.45) is 6.21. The van der Waals surface area contributed by atoms with Gasteiger partial charge in [0, 0.05) is 13.0 Å². The summed E-state index contributed by atoms with van der Waals surface area (Å²) >= 11 is 0. The van der Waals surface area contributed by atoms with Crippen molar-refractivity contribution >= 4 is 17.8 Å². The van der Waals surface area contributed by atoms with Gasteiger partial charge in [-0.1, -0.05) is 62.9 Å². The molecule has 1 rings (SSSR count). The summed E-state index contributed by atoms with van der Waals surface area (Å²) in [5.74, 6) is -1.61. The summed E-state index contributed by atoms with van der Waals surface area (Å²) in [6.45, 7) is 2.63. The highest BCUT2D eigenvalue weighted by atomic mass is 16.5. The topological polar surface area (TPSA) is 92.7 Å². The molecular weight excluding hydrogens is 358 g/mol. The minimum Gasteiger partial charge on any atom is -0.481 e. The summed E-state index contributed by atoms with van der Waals surface area (Å²) < 4.78 is 5.44. The lowest BCUT2D eigenvalue weighted by Crippen LogP contribution is -2.26. The van der Waals surface area contributed by atoms with Crippen LogP contribution in [0.4, 0.5) is 0 Å². The number of carbonyl (C=O) groups is 3. The number of carboxylic acid groups (broad SMARTS) is 1. The number of amides is 1. The Morgan fingerprint density at radius 1 is 0.964 bits per heavy atom. The van der Waals surface area contributed by atoms with E-state index in [1.165, 1.54) is 6.42 Å². The molecule has 0 saturated carbocycles. The molecule has 0 bridgehead atoms. The Morgan fingerprint density at radius 2 is 1.68 bits per heavy atom. The van der Waals surface area contributed by atoms with Crippen LogP contribution >= 0.6 is 0 Å². The van der Waals surface area contributed by atoms with Gasteiger partial charge in [-0.3, -0.25) is 14.4 Å². The zero-order chi connectivity index (χ0) is 20.6. The molecule has 2 N–H and O–H groups in total. The summed E-state index contributed by atoms with van der Waals surface area (Å²) in [6, 6.07) is 9.67. The van der Waals surface area contributed by atoms with Crippen LogP contribution in [0.25, 0.3) is 0 Å². The number of carboxylic acids is 1. The minimum atomic E-state index is -1.02. The molecule has 0 aliphatic carbocycles. The lowest BCUT2D eigenvalue weighted by molar-refractivity contribution is -0.153. The molecule has 1 amide bonds. The first kappa shape index (κ1) is 23.7. The Morgan fingerprint density at radius 3 is 2.36 bits per heavy atom. The third kappa shape index (κ3) is 12.1. The maximum Gasteiger partial charge on any atom is 0.306 e. The van der Waals surface area contributed by atoms with E-state index < -0.39 is 11.9 Å². The van der Waals surface area contributed by atoms with E-state index in [2.05, 4.69) is 12.2 Å². The Kier molecular flexibility index (Phi) is 12.4. The first-order chi connectivity index (χ1) is 13.5. The number of benzene rings is 1.